The molecule has 4 rings (SSSR count). The monoisotopic (exact) mass is 440 g/mol. The molecule has 32 heavy (non-hydrogen) atoms. The Morgan fingerprint density at radius 2 is 1.94 bits per heavy atom. The van der Waals surface area contributed by atoms with Crippen molar-refractivity contribution in [2.24, 2.45) is 5.92 Å². The zero-order chi connectivity index (χ0) is 22.5. The van der Waals surface area contributed by atoms with Gasteiger partial charge < -0.3 is 20.3 Å². The van der Waals surface area contributed by atoms with Gasteiger partial charge in [0.15, 0.2) is 0 Å². The molecule has 4 amide bonds. The molecule has 168 valence electrons. The van der Waals surface area contributed by atoms with Gasteiger partial charge in [-0.2, -0.15) is 0 Å². The van der Waals surface area contributed by atoms with Crippen LogP contribution in [0.5, 0.6) is 0 Å². The molecule has 2 aromatic rings. The third-order valence-corrected chi connectivity index (χ3v) is 5.63. The van der Waals surface area contributed by atoms with Gasteiger partial charge in [0.2, 0.25) is 0 Å². The highest BCUT2D eigenvalue weighted by molar-refractivity contribution is 5.96. The number of anilines is 2. The molecule has 9 heteroatoms. The second-order valence-corrected chi connectivity index (χ2v) is 7.92. The summed E-state index contributed by atoms with van der Waals surface area (Å²) >= 11 is 0. The van der Waals surface area contributed by atoms with Crippen LogP contribution >= 0.6 is 0 Å². The van der Waals surface area contributed by atoms with Crippen LogP contribution in [0.2, 0.25) is 0 Å². The first kappa shape index (κ1) is 21.6. The van der Waals surface area contributed by atoms with E-state index in [1.54, 1.807) is 35.2 Å². The Hall–Kier alpha value is -3.62. The van der Waals surface area contributed by atoms with Crippen LogP contribution in [0.25, 0.3) is 0 Å². The average molecular weight is 440 g/mol. The number of carbonyl (C=O) groups excluding carboxylic acids is 3. The Bertz CT molecular complexity index is 998. The molecule has 2 aliphatic heterocycles. The normalized spacial score (nSPS) is 18.3. The number of halogens is 1. The Labute approximate surface area is 185 Å². The standard InChI is InChI=1S/C23H25FN4O4/c24-18-4-1-5-19(13-18)26-22(30)25-14-16-3-2-10-27(15-16)21(29)17-6-8-20(9-7-17)28-11-12-32-23(28)31/h1,4-9,13,16H,2-3,10-12,14-15H2,(H2,25,26,30). The van der Waals surface area contributed by atoms with Crippen LogP contribution in [0.1, 0.15) is 23.2 Å². The van der Waals surface area contributed by atoms with Crippen molar-refractivity contribution in [1.29, 1.82) is 0 Å². The molecule has 2 N–H and O–H groups in total. The van der Waals surface area contributed by atoms with Gasteiger partial charge in [-0.1, -0.05) is 6.07 Å². The summed E-state index contributed by atoms with van der Waals surface area (Å²) in [6.07, 6.45) is 1.37. The van der Waals surface area contributed by atoms with E-state index in [9.17, 15) is 18.8 Å². The number of rotatable bonds is 5. The molecule has 0 spiro atoms. The van der Waals surface area contributed by atoms with Crippen LogP contribution in [0.4, 0.5) is 25.4 Å². The van der Waals surface area contributed by atoms with Crippen LogP contribution < -0.4 is 15.5 Å². The van der Waals surface area contributed by atoms with Gasteiger partial charge in [0, 0.05) is 36.6 Å². The van der Waals surface area contributed by atoms with Crippen molar-refractivity contribution in [3.8, 4) is 0 Å². The van der Waals surface area contributed by atoms with Gasteiger partial charge in [-0.25, -0.2) is 14.0 Å². The molecule has 0 aromatic heterocycles. The quantitative estimate of drug-likeness (QED) is 0.745. The lowest BCUT2D eigenvalue weighted by molar-refractivity contribution is 0.0675. The summed E-state index contributed by atoms with van der Waals surface area (Å²) in [6.45, 7) is 2.48. The first-order valence-corrected chi connectivity index (χ1v) is 10.6. The molecule has 0 saturated carbocycles. The summed E-state index contributed by atoms with van der Waals surface area (Å²) in [6, 6.07) is 12.2. The smallest absolute Gasteiger partial charge is 0.414 e. The molecule has 0 radical (unpaired) electrons. The summed E-state index contributed by atoms with van der Waals surface area (Å²) in [5, 5.41) is 5.41. The number of nitrogens with zero attached hydrogens (tertiary/aromatic N) is 2. The molecule has 2 heterocycles. The molecule has 0 aliphatic carbocycles. The number of nitrogens with one attached hydrogen (secondary N) is 2. The Kier molecular flexibility index (Phi) is 6.53. The number of cyclic esters (lactones) is 1. The van der Waals surface area contributed by atoms with Gasteiger partial charge in [-0.05, 0) is 61.2 Å². The summed E-state index contributed by atoms with van der Waals surface area (Å²) in [7, 11) is 0. The van der Waals surface area contributed by atoms with Gasteiger partial charge in [0.05, 0.1) is 6.54 Å². The second-order valence-electron chi connectivity index (χ2n) is 7.92. The van der Waals surface area contributed by atoms with Gasteiger partial charge in [-0.3, -0.25) is 9.69 Å². The van der Waals surface area contributed by atoms with Gasteiger partial charge in [0.1, 0.15) is 12.4 Å². The van der Waals surface area contributed by atoms with Crippen molar-refractivity contribution in [2.75, 3.05) is 43.0 Å². The summed E-state index contributed by atoms with van der Waals surface area (Å²) in [5.74, 6) is -0.364. The minimum absolute atomic E-state index is 0.0746. The van der Waals surface area contributed by atoms with Crippen molar-refractivity contribution in [3.05, 3.63) is 59.9 Å². The SMILES string of the molecule is O=C(NCC1CCCN(C(=O)c2ccc(N3CCOC3=O)cc2)C1)Nc1cccc(F)c1. The first-order chi connectivity index (χ1) is 15.5. The zero-order valence-corrected chi connectivity index (χ0v) is 17.6. The van der Waals surface area contributed by atoms with Crippen LogP contribution in [0.3, 0.4) is 0 Å². The Balaban J connectivity index is 1.29. The number of likely N-dealkylation sites (tertiary alicyclic amines) is 1. The number of carbonyl (C=O) groups is 3. The lowest BCUT2D eigenvalue weighted by Gasteiger charge is -2.33. The molecule has 1 unspecified atom stereocenters. The fourth-order valence-electron chi connectivity index (χ4n) is 3.99. The van der Waals surface area contributed by atoms with Gasteiger partial charge in [0.25, 0.3) is 5.91 Å². The van der Waals surface area contributed by atoms with E-state index in [2.05, 4.69) is 10.6 Å². The predicted octanol–water partition coefficient (Wildman–Crippen LogP) is 3.46. The largest absolute Gasteiger partial charge is 0.447 e. The van der Waals surface area contributed by atoms with Crippen molar-refractivity contribution in [3.63, 3.8) is 0 Å². The third kappa shape index (κ3) is 5.16. The van der Waals surface area contributed by atoms with E-state index in [4.69, 9.17) is 4.74 Å². The van der Waals surface area contributed by atoms with Crippen molar-refractivity contribution < 1.29 is 23.5 Å². The molecule has 2 aliphatic rings. The van der Waals surface area contributed by atoms with Gasteiger partial charge >= 0.3 is 12.1 Å². The molecule has 2 fully saturated rings. The van der Waals surface area contributed by atoms with E-state index in [-0.39, 0.29) is 17.9 Å². The van der Waals surface area contributed by atoms with E-state index in [0.29, 0.717) is 49.7 Å². The minimum Gasteiger partial charge on any atom is -0.447 e. The van der Waals surface area contributed by atoms with Crippen LogP contribution in [0, 0.1) is 11.7 Å². The highest BCUT2D eigenvalue weighted by atomic mass is 19.1. The molecular formula is C23H25FN4O4. The number of urea groups is 1. The maximum absolute atomic E-state index is 13.2. The lowest BCUT2D eigenvalue weighted by Crippen LogP contribution is -2.44. The third-order valence-electron chi connectivity index (χ3n) is 5.63. The molecular weight excluding hydrogens is 415 g/mol. The Morgan fingerprint density at radius 3 is 2.66 bits per heavy atom. The lowest BCUT2D eigenvalue weighted by atomic mass is 9.97. The Morgan fingerprint density at radius 1 is 1.12 bits per heavy atom. The van der Waals surface area contributed by atoms with E-state index in [1.807, 2.05) is 0 Å². The van der Waals surface area contributed by atoms with Crippen molar-refractivity contribution in [1.82, 2.24) is 10.2 Å². The van der Waals surface area contributed by atoms with E-state index < -0.39 is 11.8 Å². The number of hydrogen-bond donors (Lipinski definition) is 2. The van der Waals surface area contributed by atoms with Crippen molar-refractivity contribution in [2.45, 2.75) is 12.8 Å². The minimum atomic E-state index is -0.419. The maximum Gasteiger partial charge on any atom is 0.414 e. The second kappa shape index (κ2) is 9.67. The zero-order valence-electron chi connectivity index (χ0n) is 17.6. The number of benzene rings is 2. The summed E-state index contributed by atoms with van der Waals surface area (Å²) < 4.78 is 18.2. The van der Waals surface area contributed by atoms with Gasteiger partial charge in [-0.15, -0.1) is 0 Å². The fraction of sp³-hybridized carbons (Fsp3) is 0.348. The fourth-order valence-corrected chi connectivity index (χ4v) is 3.99. The van der Waals surface area contributed by atoms with Crippen LogP contribution in [0.15, 0.2) is 48.5 Å². The van der Waals surface area contributed by atoms with Crippen LogP contribution in [-0.4, -0.2) is 55.7 Å². The topological polar surface area (TPSA) is 91.0 Å². The number of piperidine rings is 1. The summed E-state index contributed by atoms with van der Waals surface area (Å²) in [4.78, 5) is 40.0. The number of ether oxygens (including phenoxy) is 1. The molecule has 2 aromatic carbocycles. The van der Waals surface area contributed by atoms with Crippen LogP contribution in [-0.2, 0) is 4.74 Å². The van der Waals surface area contributed by atoms with E-state index in [0.717, 1.165) is 12.8 Å². The summed E-state index contributed by atoms with van der Waals surface area (Å²) in [5.41, 5.74) is 1.64. The van der Waals surface area contributed by atoms with E-state index in [1.165, 1.54) is 23.1 Å². The average Bonchev–Trinajstić information content (AvgIpc) is 3.23. The maximum atomic E-state index is 13.2. The van der Waals surface area contributed by atoms with Crippen molar-refractivity contribution >= 4 is 29.4 Å². The predicted molar refractivity (Wildman–Crippen MR) is 117 cm³/mol. The highest BCUT2D eigenvalue weighted by Gasteiger charge is 2.26. The molecule has 8 nitrogen and oxygen atoms in total. The molecule has 1 atom stereocenters. The molecule has 2 saturated heterocycles. The first-order valence-electron chi connectivity index (χ1n) is 10.6. The number of hydrogen-bond acceptors (Lipinski definition) is 4. The molecule has 0 bridgehead atoms. The van der Waals surface area contributed by atoms with E-state index >= 15 is 0 Å². The highest BCUT2D eigenvalue weighted by Crippen LogP contribution is 2.22. The number of amides is 4.